The van der Waals surface area contributed by atoms with Crippen LogP contribution in [-0.4, -0.2) is 40.9 Å². The van der Waals surface area contributed by atoms with Gasteiger partial charge in [0.25, 0.3) is 5.56 Å². The first-order valence-corrected chi connectivity index (χ1v) is 11.4. The van der Waals surface area contributed by atoms with Gasteiger partial charge in [-0.25, -0.2) is 22.9 Å². The summed E-state index contributed by atoms with van der Waals surface area (Å²) in [4.78, 5) is 36.2. The van der Waals surface area contributed by atoms with E-state index in [4.69, 9.17) is 16.3 Å². The lowest BCUT2D eigenvalue weighted by Gasteiger charge is -2.17. The van der Waals surface area contributed by atoms with Gasteiger partial charge >= 0.3 is 5.97 Å². The predicted octanol–water partition coefficient (Wildman–Crippen LogP) is 5.62. The number of esters is 1. The minimum absolute atomic E-state index is 0.0109. The number of hydrogen-bond donors (Lipinski definition) is 0. The van der Waals surface area contributed by atoms with E-state index in [0.29, 0.717) is 23.0 Å². The zero-order valence-corrected chi connectivity index (χ0v) is 21.4. The zero-order chi connectivity index (χ0) is 28.0. The van der Waals surface area contributed by atoms with Crippen molar-refractivity contribution in [3.05, 3.63) is 92.7 Å². The van der Waals surface area contributed by atoms with Crippen molar-refractivity contribution < 1.29 is 27.4 Å². The minimum Gasteiger partial charge on any atom is -0.491 e. The van der Waals surface area contributed by atoms with Crippen LogP contribution in [0.1, 0.15) is 28.2 Å². The van der Waals surface area contributed by atoms with Gasteiger partial charge in [0.15, 0.2) is 11.5 Å². The summed E-state index contributed by atoms with van der Waals surface area (Å²) < 4.78 is 53.5. The number of nitrogens with zero attached hydrogens (tertiary/aromatic N) is 4. The van der Waals surface area contributed by atoms with Gasteiger partial charge < -0.3 is 9.47 Å². The Morgan fingerprint density at radius 3 is 2.68 bits per heavy atom. The van der Waals surface area contributed by atoms with E-state index in [1.807, 2.05) is 0 Å². The molecule has 0 unspecified atom stereocenters. The number of hydrogen-bond acceptors (Lipinski definition) is 7. The Morgan fingerprint density at radius 2 is 2.00 bits per heavy atom. The van der Waals surface area contributed by atoms with Crippen molar-refractivity contribution in [1.82, 2.24) is 14.5 Å². The summed E-state index contributed by atoms with van der Waals surface area (Å²) in [6, 6.07) is 4.29. The molecule has 0 aromatic carbocycles. The molecule has 3 rings (SSSR count). The second kappa shape index (κ2) is 12.3. The van der Waals surface area contributed by atoms with Crippen LogP contribution < -0.4 is 10.3 Å². The Bertz CT molecular complexity index is 1520. The lowest BCUT2D eigenvalue weighted by atomic mass is 10.1. The van der Waals surface area contributed by atoms with E-state index < -0.39 is 34.7 Å². The first-order chi connectivity index (χ1) is 18.1. The molecule has 0 bridgehead atoms. The number of aryl methyl sites for hydroxylation is 2. The van der Waals surface area contributed by atoms with Crippen LogP contribution >= 0.6 is 11.6 Å². The molecule has 0 N–H and O–H groups in total. The smallest absolute Gasteiger partial charge is 0.359 e. The average molecular weight is 547 g/mol. The number of methoxy groups -OCH3 is 1. The second-order valence-electron chi connectivity index (χ2n) is 7.86. The Kier molecular flexibility index (Phi) is 9.19. The van der Waals surface area contributed by atoms with Gasteiger partial charge in [-0.2, -0.15) is 0 Å². The predicted molar refractivity (Wildman–Crippen MR) is 137 cm³/mol. The summed E-state index contributed by atoms with van der Waals surface area (Å²) in [5.41, 5.74) is 0.291. The molecule has 0 aliphatic heterocycles. The molecule has 0 fully saturated rings. The topological polar surface area (TPSA) is 95.7 Å². The van der Waals surface area contributed by atoms with Crippen LogP contribution in [0.15, 0.2) is 64.3 Å². The standard InChI is InChI=1S/C26H22ClF3N4O4/c1-14-12-33-19(18-5-7-32-24(23(18)30)26(36)37-4)11-20(14)34-15(2)9-21(22(27)25(34)35)38-8-6-16(28)10-17(29)13-31-3/h5,7,9-13H,3,6,8H2,1-2,4H3/b16-10+,17-13+. The van der Waals surface area contributed by atoms with Gasteiger partial charge in [-0.1, -0.05) is 11.6 Å². The minimum atomic E-state index is -0.947. The van der Waals surface area contributed by atoms with Gasteiger partial charge in [-0.3, -0.25) is 19.3 Å². The fraction of sp³-hybridized carbons (Fsp3) is 0.192. The average Bonchev–Trinajstić information content (AvgIpc) is 2.88. The summed E-state index contributed by atoms with van der Waals surface area (Å²) in [5.74, 6) is -3.57. The lowest BCUT2D eigenvalue weighted by molar-refractivity contribution is 0.0588. The number of allylic oxidation sites excluding steroid dienone is 2. The zero-order valence-electron chi connectivity index (χ0n) is 20.6. The van der Waals surface area contributed by atoms with E-state index in [1.165, 1.54) is 35.2 Å². The van der Waals surface area contributed by atoms with Crippen LogP contribution in [0.2, 0.25) is 5.02 Å². The number of pyridine rings is 3. The number of carbonyl (C=O) groups excluding carboxylic acids is 1. The van der Waals surface area contributed by atoms with Crippen molar-refractivity contribution in [2.24, 2.45) is 4.99 Å². The normalized spacial score (nSPS) is 11.9. The fourth-order valence-corrected chi connectivity index (χ4v) is 3.67. The van der Waals surface area contributed by atoms with Gasteiger partial charge in [-0.15, -0.1) is 0 Å². The molecule has 3 heterocycles. The van der Waals surface area contributed by atoms with Crippen LogP contribution in [0, 0.1) is 19.7 Å². The molecule has 0 spiro atoms. The van der Waals surface area contributed by atoms with Crippen LogP contribution in [0.5, 0.6) is 5.75 Å². The van der Waals surface area contributed by atoms with Crippen molar-refractivity contribution in [1.29, 1.82) is 0 Å². The van der Waals surface area contributed by atoms with Crippen molar-refractivity contribution >= 4 is 24.3 Å². The Labute approximate surface area is 220 Å². The van der Waals surface area contributed by atoms with Crippen LogP contribution in [-0.2, 0) is 4.74 Å². The molecule has 38 heavy (non-hydrogen) atoms. The van der Waals surface area contributed by atoms with Gasteiger partial charge in [0.05, 0.1) is 31.3 Å². The summed E-state index contributed by atoms with van der Waals surface area (Å²) in [7, 11) is 1.11. The molecular weight excluding hydrogens is 525 g/mol. The maximum absolute atomic E-state index is 15.0. The van der Waals surface area contributed by atoms with Gasteiger partial charge in [0.2, 0.25) is 0 Å². The summed E-state index contributed by atoms with van der Waals surface area (Å²) in [5, 5.41) is -0.275. The molecule has 3 aromatic heterocycles. The number of aliphatic imine (C=N–C) groups is 1. The maximum atomic E-state index is 15.0. The van der Waals surface area contributed by atoms with Crippen LogP contribution in [0.3, 0.4) is 0 Å². The molecule has 198 valence electrons. The van der Waals surface area contributed by atoms with E-state index in [2.05, 4.69) is 26.4 Å². The number of carbonyl (C=O) groups is 1. The highest BCUT2D eigenvalue weighted by atomic mass is 35.5. The largest absolute Gasteiger partial charge is 0.491 e. The maximum Gasteiger partial charge on any atom is 0.359 e. The van der Waals surface area contributed by atoms with Crippen molar-refractivity contribution in [2.45, 2.75) is 20.3 Å². The monoisotopic (exact) mass is 546 g/mol. The molecule has 0 radical (unpaired) electrons. The number of rotatable bonds is 9. The quantitative estimate of drug-likeness (QED) is 0.196. The summed E-state index contributed by atoms with van der Waals surface area (Å²) in [6.07, 6.45) is 3.80. The fourth-order valence-electron chi connectivity index (χ4n) is 3.47. The lowest BCUT2D eigenvalue weighted by Crippen LogP contribution is -2.23. The Morgan fingerprint density at radius 1 is 1.26 bits per heavy atom. The molecule has 0 aliphatic carbocycles. The molecule has 0 saturated carbocycles. The third-order valence-corrected chi connectivity index (χ3v) is 5.61. The third kappa shape index (κ3) is 6.17. The number of halogens is 4. The Hall–Kier alpha value is -4.25. The first kappa shape index (κ1) is 28.3. The highest BCUT2D eigenvalue weighted by molar-refractivity contribution is 6.31. The van der Waals surface area contributed by atoms with Crippen molar-refractivity contribution in [2.75, 3.05) is 13.7 Å². The first-order valence-electron chi connectivity index (χ1n) is 11.0. The van der Waals surface area contributed by atoms with Crippen LogP contribution in [0.4, 0.5) is 13.2 Å². The molecule has 12 heteroatoms. The summed E-state index contributed by atoms with van der Waals surface area (Å²) in [6.45, 7) is 6.18. The second-order valence-corrected chi connectivity index (χ2v) is 8.24. The van der Waals surface area contributed by atoms with Crippen LogP contribution in [0.25, 0.3) is 16.9 Å². The van der Waals surface area contributed by atoms with E-state index >= 15 is 4.39 Å². The van der Waals surface area contributed by atoms with E-state index in [-0.39, 0.29) is 35.1 Å². The molecular formula is C26H22ClF3N4O4. The molecule has 0 atom stereocenters. The van der Waals surface area contributed by atoms with E-state index in [1.54, 1.807) is 13.8 Å². The third-order valence-electron chi connectivity index (χ3n) is 5.27. The summed E-state index contributed by atoms with van der Waals surface area (Å²) >= 11 is 6.28. The number of ether oxygens (including phenoxy) is 2. The highest BCUT2D eigenvalue weighted by Gasteiger charge is 2.21. The number of aromatic nitrogens is 3. The molecule has 0 saturated heterocycles. The molecule has 0 aliphatic rings. The molecule has 0 amide bonds. The van der Waals surface area contributed by atoms with Gasteiger partial charge in [-0.05, 0) is 38.3 Å². The SMILES string of the molecule is C=N/C=C(F)\C=C(\F)CCOc1cc(C)n(-c2cc(-c3ccnc(C(=O)OC)c3F)ncc2C)c(=O)c1Cl. The van der Waals surface area contributed by atoms with Crippen molar-refractivity contribution in [3.63, 3.8) is 0 Å². The van der Waals surface area contributed by atoms with Gasteiger partial charge in [0, 0.05) is 42.2 Å². The highest BCUT2D eigenvalue weighted by Crippen LogP contribution is 2.28. The molecule has 3 aromatic rings. The van der Waals surface area contributed by atoms with E-state index in [0.717, 1.165) is 13.3 Å². The van der Waals surface area contributed by atoms with Crippen molar-refractivity contribution in [3.8, 4) is 22.7 Å². The Balaban J connectivity index is 1.96. The van der Waals surface area contributed by atoms with E-state index in [9.17, 15) is 18.4 Å². The van der Waals surface area contributed by atoms with Gasteiger partial charge in [0.1, 0.15) is 22.4 Å². The molecule has 8 nitrogen and oxygen atoms in total.